The lowest BCUT2D eigenvalue weighted by atomic mass is 10.0. The average Bonchev–Trinajstić information content (AvgIpc) is 3.11. The third kappa shape index (κ3) is 4.15. The van der Waals surface area contributed by atoms with E-state index < -0.39 is 0 Å². The van der Waals surface area contributed by atoms with Crippen LogP contribution in [0, 0.1) is 0 Å². The summed E-state index contributed by atoms with van der Waals surface area (Å²) < 4.78 is 1.04. The topological polar surface area (TPSA) is 57.8 Å². The van der Waals surface area contributed by atoms with Crippen LogP contribution in [0.5, 0.6) is 0 Å². The third-order valence-electron chi connectivity index (χ3n) is 4.63. The number of aromatic nitrogens is 2. The SMILES string of the molecule is CCC(=O)c1cccc(Cc2ccc3nc(Nc4ccc(Br)cc4)[nH]c3c2)c1. The normalized spacial score (nSPS) is 10.9. The molecule has 2 N–H and O–H groups in total. The second kappa shape index (κ2) is 7.98. The monoisotopic (exact) mass is 433 g/mol. The number of hydrogen-bond donors (Lipinski definition) is 2. The van der Waals surface area contributed by atoms with Crippen LogP contribution in [0.4, 0.5) is 11.6 Å². The van der Waals surface area contributed by atoms with Crippen LogP contribution in [-0.4, -0.2) is 15.8 Å². The van der Waals surface area contributed by atoms with Gasteiger partial charge in [0.2, 0.25) is 5.95 Å². The van der Waals surface area contributed by atoms with E-state index in [1.807, 2.05) is 55.5 Å². The summed E-state index contributed by atoms with van der Waals surface area (Å²) in [5.74, 6) is 0.888. The highest BCUT2D eigenvalue weighted by Crippen LogP contribution is 2.22. The standard InChI is InChI=1S/C23H20BrN3O/c1-2-22(28)17-5-3-4-15(13-17)12-16-6-11-20-21(14-16)27-23(26-20)25-19-9-7-18(24)8-10-19/h3-11,13-14H,2,12H2,1H3,(H2,25,26,27). The van der Waals surface area contributed by atoms with Crippen LogP contribution in [0.3, 0.4) is 0 Å². The molecule has 0 spiro atoms. The minimum Gasteiger partial charge on any atom is -0.326 e. The zero-order valence-electron chi connectivity index (χ0n) is 15.5. The van der Waals surface area contributed by atoms with E-state index in [1.54, 1.807) is 0 Å². The summed E-state index contributed by atoms with van der Waals surface area (Å²) in [6, 6.07) is 22.1. The molecule has 0 aliphatic carbocycles. The average molecular weight is 434 g/mol. The van der Waals surface area contributed by atoms with Gasteiger partial charge < -0.3 is 10.3 Å². The van der Waals surface area contributed by atoms with Crippen molar-refractivity contribution in [1.82, 2.24) is 9.97 Å². The first kappa shape index (κ1) is 18.4. The number of ketones is 1. The van der Waals surface area contributed by atoms with Gasteiger partial charge in [0.25, 0.3) is 0 Å². The smallest absolute Gasteiger partial charge is 0.205 e. The van der Waals surface area contributed by atoms with E-state index in [4.69, 9.17) is 0 Å². The van der Waals surface area contributed by atoms with Crippen molar-refractivity contribution in [2.75, 3.05) is 5.32 Å². The molecule has 4 aromatic rings. The molecule has 5 heteroatoms. The molecule has 28 heavy (non-hydrogen) atoms. The van der Waals surface area contributed by atoms with E-state index >= 15 is 0 Å². The van der Waals surface area contributed by atoms with E-state index in [1.165, 1.54) is 5.56 Å². The Labute approximate surface area is 172 Å². The van der Waals surface area contributed by atoms with Crippen LogP contribution in [0.1, 0.15) is 34.8 Å². The Kier molecular flexibility index (Phi) is 5.26. The van der Waals surface area contributed by atoms with E-state index in [9.17, 15) is 4.79 Å². The Morgan fingerprint density at radius 2 is 1.82 bits per heavy atom. The number of hydrogen-bond acceptors (Lipinski definition) is 3. The Morgan fingerprint density at radius 3 is 2.61 bits per heavy atom. The largest absolute Gasteiger partial charge is 0.326 e. The molecule has 0 atom stereocenters. The molecule has 0 saturated heterocycles. The molecule has 0 aliphatic heterocycles. The molecule has 0 radical (unpaired) electrons. The van der Waals surface area contributed by atoms with Gasteiger partial charge in [-0.2, -0.15) is 0 Å². The predicted molar refractivity (Wildman–Crippen MR) is 117 cm³/mol. The molecule has 1 aromatic heterocycles. The number of Topliss-reactive ketones (excluding diaryl/α,β-unsaturated/α-hetero) is 1. The molecule has 0 unspecified atom stereocenters. The fraction of sp³-hybridized carbons (Fsp3) is 0.130. The first-order valence-electron chi connectivity index (χ1n) is 9.24. The Hall–Kier alpha value is -2.92. The number of nitrogens with one attached hydrogen (secondary N) is 2. The van der Waals surface area contributed by atoms with Crippen molar-refractivity contribution in [1.29, 1.82) is 0 Å². The minimum atomic E-state index is 0.175. The highest BCUT2D eigenvalue weighted by molar-refractivity contribution is 9.10. The quantitative estimate of drug-likeness (QED) is 0.353. The van der Waals surface area contributed by atoms with E-state index in [0.717, 1.165) is 38.7 Å². The highest BCUT2D eigenvalue weighted by Gasteiger charge is 2.07. The molecule has 0 aliphatic rings. The second-order valence-electron chi connectivity index (χ2n) is 6.72. The Bertz CT molecular complexity index is 1130. The van der Waals surface area contributed by atoms with Crippen molar-refractivity contribution in [2.45, 2.75) is 19.8 Å². The molecule has 0 amide bonds. The minimum absolute atomic E-state index is 0.175. The number of fused-ring (bicyclic) bond motifs is 1. The molecule has 4 nitrogen and oxygen atoms in total. The van der Waals surface area contributed by atoms with Crippen molar-refractivity contribution < 1.29 is 4.79 Å². The van der Waals surface area contributed by atoms with Crippen LogP contribution >= 0.6 is 15.9 Å². The fourth-order valence-corrected chi connectivity index (χ4v) is 3.45. The number of halogens is 1. The maximum atomic E-state index is 11.9. The van der Waals surface area contributed by atoms with Gasteiger partial charge in [-0.1, -0.05) is 47.1 Å². The molecule has 0 fully saturated rings. The van der Waals surface area contributed by atoms with Crippen molar-refractivity contribution in [2.24, 2.45) is 0 Å². The number of benzene rings is 3. The fourth-order valence-electron chi connectivity index (χ4n) is 3.19. The van der Waals surface area contributed by atoms with Crippen LogP contribution < -0.4 is 5.32 Å². The third-order valence-corrected chi connectivity index (χ3v) is 5.16. The molecule has 0 saturated carbocycles. The maximum absolute atomic E-state index is 11.9. The van der Waals surface area contributed by atoms with Crippen LogP contribution in [-0.2, 0) is 6.42 Å². The van der Waals surface area contributed by atoms with Gasteiger partial charge in [-0.15, -0.1) is 0 Å². The summed E-state index contributed by atoms with van der Waals surface area (Å²) in [5.41, 5.74) is 5.96. The Morgan fingerprint density at radius 1 is 1.04 bits per heavy atom. The van der Waals surface area contributed by atoms with Crippen LogP contribution in [0.2, 0.25) is 0 Å². The Balaban J connectivity index is 1.55. The summed E-state index contributed by atoms with van der Waals surface area (Å²) >= 11 is 3.44. The van der Waals surface area contributed by atoms with E-state index in [2.05, 4.69) is 49.4 Å². The molecule has 4 rings (SSSR count). The van der Waals surface area contributed by atoms with Crippen molar-refractivity contribution >= 4 is 44.4 Å². The van der Waals surface area contributed by atoms with E-state index in [-0.39, 0.29) is 5.78 Å². The number of imidazole rings is 1. The van der Waals surface area contributed by atoms with Gasteiger partial charge in [-0.05, 0) is 60.0 Å². The molecule has 0 bridgehead atoms. The predicted octanol–water partition coefficient (Wildman–Crippen LogP) is 6.25. The number of nitrogens with zero attached hydrogens (tertiary/aromatic N) is 1. The first-order valence-corrected chi connectivity index (χ1v) is 10.0. The van der Waals surface area contributed by atoms with Gasteiger partial charge in [0.05, 0.1) is 11.0 Å². The lowest BCUT2D eigenvalue weighted by Gasteiger charge is -2.05. The summed E-state index contributed by atoms with van der Waals surface area (Å²) in [6.45, 7) is 1.89. The van der Waals surface area contributed by atoms with E-state index in [0.29, 0.717) is 12.4 Å². The number of anilines is 2. The zero-order valence-corrected chi connectivity index (χ0v) is 17.1. The number of carbonyl (C=O) groups excluding carboxylic acids is 1. The number of H-pyrrole nitrogens is 1. The number of carbonyl (C=O) groups is 1. The summed E-state index contributed by atoms with van der Waals surface area (Å²) in [7, 11) is 0. The molecule has 140 valence electrons. The first-order chi connectivity index (χ1) is 13.6. The van der Waals surface area contributed by atoms with Gasteiger partial charge in [-0.3, -0.25) is 4.79 Å². The van der Waals surface area contributed by atoms with Gasteiger partial charge in [0.15, 0.2) is 5.78 Å². The zero-order chi connectivity index (χ0) is 19.5. The summed E-state index contributed by atoms with van der Waals surface area (Å²) in [5, 5.41) is 3.29. The van der Waals surface area contributed by atoms with Crippen molar-refractivity contribution in [3.8, 4) is 0 Å². The summed E-state index contributed by atoms with van der Waals surface area (Å²) in [4.78, 5) is 19.9. The van der Waals surface area contributed by atoms with Crippen LogP contribution in [0.25, 0.3) is 11.0 Å². The van der Waals surface area contributed by atoms with Gasteiger partial charge in [-0.25, -0.2) is 4.98 Å². The van der Waals surface area contributed by atoms with Crippen LogP contribution in [0.15, 0.2) is 71.2 Å². The van der Waals surface area contributed by atoms with Crippen molar-refractivity contribution in [3.63, 3.8) is 0 Å². The second-order valence-corrected chi connectivity index (χ2v) is 7.64. The maximum Gasteiger partial charge on any atom is 0.205 e. The van der Waals surface area contributed by atoms with Gasteiger partial charge >= 0.3 is 0 Å². The molecular weight excluding hydrogens is 414 g/mol. The molecule has 3 aromatic carbocycles. The van der Waals surface area contributed by atoms with Gasteiger partial charge in [0.1, 0.15) is 0 Å². The van der Waals surface area contributed by atoms with Crippen molar-refractivity contribution in [3.05, 3.63) is 87.9 Å². The highest BCUT2D eigenvalue weighted by atomic mass is 79.9. The van der Waals surface area contributed by atoms with Gasteiger partial charge in [0, 0.05) is 22.1 Å². The number of aromatic amines is 1. The molecular formula is C23H20BrN3O. The lowest BCUT2D eigenvalue weighted by molar-refractivity contribution is 0.0988. The lowest BCUT2D eigenvalue weighted by Crippen LogP contribution is -1.98. The summed E-state index contributed by atoms with van der Waals surface area (Å²) in [6.07, 6.45) is 1.30. The molecule has 1 heterocycles. The number of rotatable bonds is 6.